The number of anilines is 1. The summed E-state index contributed by atoms with van der Waals surface area (Å²) in [6.45, 7) is 1.93. The molecule has 2 aromatic carbocycles. The highest BCUT2D eigenvalue weighted by Gasteiger charge is 2.21. The fourth-order valence-electron chi connectivity index (χ4n) is 1.90. The summed E-state index contributed by atoms with van der Waals surface area (Å²) < 4.78 is 25.3. The molecule has 0 aliphatic carbocycles. The van der Waals surface area contributed by atoms with E-state index in [1.165, 1.54) is 0 Å². The highest BCUT2D eigenvalue weighted by atomic mass is 32.2. The number of benzene rings is 2. The van der Waals surface area contributed by atoms with Gasteiger partial charge in [-0.15, -0.1) is 0 Å². The van der Waals surface area contributed by atoms with Crippen LogP contribution in [0.2, 0.25) is 0 Å². The minimum atomic E-state index is -3.47. The summed E-state index contributed by atoms with van der Waals surface area (Å²) in [5, 5.41) is 0. The Bertz CT molecular complexity index is 674. The van der Waals surface area contributed by atoms with Crippen LogP contribution >= 0.6 is 0 Å². The van der Waals surface area contributed by atoms with Crippen molar-refractivity contribution in [3.05, 3.63) is 54.1 Å². The van der Waals surface area contributed by atoms with Gasteiger partial charge in [0, 0.05) is 14.1 Å². The van der Waals surface area contributed by atoms with Gasteiger partial charge in [-0.25, -0.2) is 8.42 Å². The maximum Gasteiger partial charge on any atom is 0.208 e. The van der Waals surface area contributed by atoms with Crippen LogP contribution in [-0.4, -0.2) is 22.5 Å². The first-order valence-electron chi connectivity index (χ1n) is 6.01. The van der Waals surface area contributed by atoms with E-state index in [2.05, 4.69) is 0 Å². The summed E-state index contributed by atoms with van der Waals surface area (Å²) >= 11 is 0. The van der Waals surface area contributed by atoms with Gasteiger partial charge in [0.2, 0.25) is 9.84 Å². The summed E-state index contributed by atoms with van der Waals surface area (Å²) in [5.41, 5.74) is 1.74. The lowest BCUT2D eigenvalue weighted by molar-refractivity contribution is 0.596. The first-order chi connectivity index (χ1) is 8.93. The predicted molar refractivity (Wildman–Crippen MR) is 77.4 cm³/mol. The SMILES string of the molecule is Cc1ccc(S(=O)(=O)c2ccccc2N(C)C)cc1. The molecule has 0 aliphatic rings. The Labute approximate surface area is 114 Å². The maximum absolute atomic E-state index is 12.6. The van der Waals surface area contributed by atoms with Crippen molar-refractivity contribution in [1.82, 2.24) is 0 Å². The highest BCUT2D eigenvalue weighted by molar-refractivity contribution is 7.91. The van der Waals surface area contributed by atoms with E-state index in [4.69, 9.17) is 0 Å². The molecule has 3 nitrogen and oxygen atoms in total. The molecule has 0 saturated carbocycles. The van der Waals surface area contributed by atoms with Gasteiger partial charge in [-0.3, -0.25) is 0 Å². The van der Waals surface area contributed by atoms with Crippen LogP contribution in [0.1, 0.15) is 5.56 Å². The molecular weight excluding hydrogens is 258 g/mol. The molecule has 0 fully saturated rings. The summed E-state index contributed by atoms with van der Waals surface area (Å²) in [4.78, 5) is 2.47. The number of rotatable bonds is 3. The Kier molecular flexibility index (Phi) is 3.62. The Morgan fingerprint density at radius 1 is 0.895 bits per heavy atom. The molecule has 100 valence electrons. The van der Waals surface area contributed by atoms with E-state index in [9.17, 15) is 8.42 Å². The van der Waals surface area contributed by atoms with Crippen LogP contribution in [-0.2, 0) is 9.84 Å². The van der Waals surface area contributed by atoms with E-state index in [1.807, 2.05) is 39.2 Å². The van der Waals surface area contributed by atoms with Crippen molar-refractivity contribution < 1.29 is 8.42 Å². The van der Waals surface area contributed by atoms with Crippen LogP contribution in [0.15, 0.2) is 58.3 Å². The molecule has 0 spiro atoms. The third kappa shape index (κ3) is 2.63. The highest BCUT2D eigenvalue weighted by Crippen LogP contribution is 2.29. The second-order valence-electron chi connectivity index (χ2n) is 4.68. The molecule has 0 amide bonds. The average Bonchev–Trinajstić information content (AvgIpc) is 2.39. The van der Waals surface area contributed by atoms with Crippen LogP contribution in [0.25, 0.3) is 0 Å². The largest absolute Gasteiger partial charge is 0.377 e. The Morgan fingerprint density at radius 2 is 1.47 bits per heavy atom. The molecule has 0 atom stereocenters. The molecule has 0 unspecified atom stereocenters. The number of nitrogens with zero attached hydrogens (tertiary/aromatic N) is 1. The zero-order valence-corrected chi connectivity index (χ0v) is 12.1. The van der Waals surface area contributed by atoms with Crippen molar-refractivity contribution >= 4 is 15.5 Å². The van der Waals surface area contributed by atoms with Crippen LogP contribution in [0.5, 0.6) is 0 Å². The Hall–Kier alpha value is -1.81. The number of aryl methyl sites for hydroxylation is 1. The molecule has 19 heavy (non-hydrogen) atoms. The van der Waals surface area contributed by atoms with E-state index >= 15 is 0 Å². The molecule has 0 radical (unpaired) electrons. The van der Waals surface area contributed by atoms with Gasteiger partial charge < -0.3 is 4.90 Å². The van der Waals surface area contributed by atoms with Crippen LogP contribution < -0.4 is 4.90 Å². The van der Waals surface area contributed by atoms with Crippen molar-refractivity contribution in [1.29, 1.82) is 0 Å². The van der Waals surface area contributed by atoms with Crippen LogP contribution in [0.3, 0.4) is 0 Å². The minimum Gasteiger partial charge on any atom is -0.377 e. The molecule has 0 aliphatic heterocycles. The van der Waals surface area contributed by atoms with E-state index in [0.29, 0.717) is 15.5 Å². The van der Waals surface area contributed by atoms with Gasteiger partial charge in [0.1, 0.15) is 0 Å². The van der Waals surface area contributed by atoms with Gasteiger partial charge in [-0.1, -0.05) is 29.8 Å². The van der Waals surface area contributed by atoms with Gasteiger partial charge in [-0.05, 0) is 31.2 Å². The third-order valence-corrected chi connectivity index (χ3v) is 4.78. The molecule has 2 aromatic rings. The van der Waals surface area contributed by atoms with Crippen molar-refractivity contribution in [2.45, 2.75) is 16.7 Å². The van der Waals surface area contributed by atoms with E-state index in [-0.39, 0.29) is 0 Å². The maximum atomic E-state index is 12.6. The van der Waals surface area contributed by atoms with Gasteiger partial charge in [0.15, 0.2) is 0 Å². The molecule has 0 aromatic heterocycles. The second kappa shape index (κ2) is 5.05. The zero-order chi connectivity index (χ0) is 14.0. The zero-order valence-electron chi connectivity index (χ0n) is 11.3. The molecular formula is C15H17NO2S. The normalized spacial score (nSPS) is 11.3. The number of para-hydroxylation sites is 1. The molecule has 4 heteroatoms. The van der Waals surface area contributed by atoms with Crippen molar-refractivity contribution in [2.24, 2.45) is 0 Å². The lowest BCUT2D eigenvalue weighted by Gasteiger charge is -2.17. The standard InChI is InChI=1S/C15H17NO2S/c1-12-8-10-13(11-9-12)19(17,18)15-7-5-4-6-14(15)16(2)3/h4-11H,1-3H3. The van der Waals surface area contributed by atoms with Gasteiger partial charge in [0.05, 0.1) is 15.5 Å². The first kappa shape index (κ1) is 13.6. The molecule has 0 heterocycles. The summed E-state index contributed by atoms with van der Waals surface area (Å²) in [7, 11) is 0.201. The van der Waals surface area contributed by atoms with Crippen molar-refractivity contribution in [3.63, 3.8) is 0 Å². The fourth-order valence-corrected chi connectivity index (χ4v) is 3.43. The van der Waals surface area contributed by atoms with Crippen LogP contribution in [0, 0.1) is 6.92 Å². The van der Waals surface area contributed by atoms with E-state index in [0.717, 1.165) is 5.56 Å². The van der Waals surface area contributed by atoms with E-state index in [1.54, 1.807) is 35.2 Å². The van der Waals surface area contributed by atoms with Gasteiger partial charge in [0.25, 0.3) is 0 Å². The van der Waals surface area contributed by atoms with Crippen molar-refractivity contribution in [3.8, 4) is 0 Å². The minimum absolute atomic E-state index is 0.326. The van der Waals surface area contributed by atoms with Crippen LogP contribution in [0.4, 0.5) is 5.69 Å². The molecule has 0 saturated heterocycles. The average molecular weight is 275 g/mol. The van der Waals surface area contributed by atoms with Gasteiger partial charge in [-0.2, -0.15) is 0 Å². The quantitative estimate of drug-likeness (QED) is 0.864. The first-order valence-corrected chi connectivity index (χ1v) is 7.49. The fraction of sp³-hybridized carbons (Fsp3) is 0.200. The lowest BCUT2D eigenvalue weighted by atomic mass is 10.2. The van der Waals surface area contributed by atoms with E-state index < -0.39 is 9.84 Å². The molecule has 0 bridgehead atoms. The summed E-state index contributed by atoms with van der Waals surface area (Å²) in [6, 6.07) is 14.0. The Balaban J connectivity index is 2.60. The monoisotopic (exact) mass is 275 g/mol. The molecule has 2 rings (SSSR count). The van der Waals surface area contributed by atoms with Crippen molar-refractivity contribution in [2.75, 3.05) is 19.0 Å². The Morgan fingerprint density at radius 3 is 2.05 bits per heavy atom. The third-order valence-electron chi connectivity index (χ3n) is 2.97. The topological polar surface area (TPSA) is 37.4 Å². The number of hydrogen-bond donors (Lipinski definition) is 0. The smallest absolute Gasteiger partial charge is 0.208 e. The number of hydrogen-bond acceptors (Lipinski definition) is 3. The number of sulfone groups is 1. The summed E-state index contributed by atoms with van der Waals surface area (Å²) in [6.07, 6.45) is 0. The molecule has 0 N–H and O–H groups in total. The predicted octanol–water partition coefficient (Wildman–Crippen LogP) is 2.89. The lowest BCUT2D eigenvalue weighted by Crippen LogP contribution is -2.14. The summed E-state index contributed by atoms with van der Waals surface area (Å²) in [5.74, 6) is 0. The second-order valence-corrected chi connectivity index (χ2v) is 6.60. The van der Waals surface area contributed by atoms with Gasteiger partial charge >= 0.3 is 0 Å².